The zero-order valence-corrected chi connectivity index (χ0v) is 18.7. The second kappa shape index (κ2) is 9.12. The van der Waals surface area contributed by atoms with E-state index in [0.717, 1.165) is 43.4 Å². The molecule has 4 heterocycles. The van der Waals surface area contributed by atoms with Crippen molar-refractivity contribution in [1.29, 1.82) is 0 Å². The predicted molar refractivity (Wildman–Crippen MR) is 120 cm³/mol. The average Bonchev–Trinajstić information content (AvgIpc) is 3.09. The molecule has 1 aromatic carbocycles. The van der Waals surface area contributed by atoms with Crippen molar-refractivity contribution < 1.29 is 9.59 Å². The first-order valence-corrected chi connectivity index (χ1v) is 10.3. The first kappa shape index (κ1) is 22.8. The highest BCUT2D eigenvalue weighted by atomic mass is 35.5. The fourth-order valence-corrected chi connectivity index (χ4v) is 5.47. The van der Waals surface area contributed by atoms with E-state index in [-0.39, 0.29) is 42.7 Å². The monoisotopic (exact) mass is 453 g/mol. The fraction of sp³-hybridized carbons (Fsp3) is 0.571. The van der Waals surface area contributed by atoms with Gasteiger partial charge in [-0.05, 0) is 55.8 Å². The summed E-state index contributed by atoms with van der Waals surface area (Å²) in [5.74, 6) is 1.14. The summed E-state index contributed by atoms with van der Waals surface area (Å²) in [6.07, 6.45) is 5.63. The Morgan fingerprint density at radius 3 is 2.90 bits per heavy atom. The third-order valence-electron chi connectivity index (χ3n) is 6.86. The van der Waals surface area contributed by atoms with E-state index in [1.807, 2.05) is 29.8 Å². The SMILES string of the molecule is Cl.Cl.Cn1cnc2cc(C(=O)NC[C@H]3[C@@H]4CNC[C@@H](C4)[C@@H]4CCCC(=O)N43)ccc21. The molecule has 0 spiro atoms. The van der Waals surface area contributed by atoms with Gasteiger partial charge in [-0.25, -0.2) is 4.98 Å². The molecule has 7 nitrogen and oxygen atoms in total. The van der Waals surface area contributed by atoms with Gasteiger partial charge in [-0.2, -0.15) is 0 Å². The van der Waals surface area contributed by atoms with E-state index >= 15 is 0 Å². The fourth-order valence-electron chi connectivity index (χ4n) is 5.47. The lowest BCUT2D eigenvalue weighted by Gasteiger charge is -2.54. The van der Waals surface area contributed by atoms with Gasteiger partial charge in [-0.3, -0.25) is 9.59 Å². The molecule has 3 aliphatic heterocycles. The highest BCUT2D eigenvalue weighted by Gasteiger charge is 2.47. The molecule has 2 bridgehead atoms. The van der Waals surface area contributed by atoms with Crippen LogP contribution < -0.4 is 10.6 Å². The van der Waals surface area contributed by atoms with E-state index in [0.29, 0.717) is 36.4 Å². The number of rotatable bonds is 3. The summed E-state index contributed by atoms with van der Waals surface area (Å²) in [5, 5.41) is 6.65. The Hall–Kier alpha value is -1.83. The molecule has 164 valence electrons. The normalized spacial score (nSPS) is 27.6. The molecule has 2 N–H and O–H groups in total. The van der Waals surface area contributed by atoms with Crippen LogP contribution in [0.4, 0.5) is 0 Å². The van der Waals surface area contributed by atoms with E-state index in [9.17, 15) is 9.59 Å². The minimum absolute atomic E-state index is 0. The smallest absolute Gasteiger partial charge is 0.251 e. The number of nitrogens with zero attached hydrogens (tertiary/aromatic N) is 3. The molecule has 9 heteroatoms. The third-order valence-corrected chi connectivity index (χ3v) is 6.86. The van der Waals surface area contributed by atoms with Crippen molar-refractivity contribution in [3.05, 3.63) is 30.1 Å². The van der Waals surface area contributed by atoms with Crippen molar-refractivity contribution in [2.75, 3.05) is 19.6 Å². The number of carbonyl (C=O) groups is 2. The van der Waals surface area contributed by atoms with E-state index in [4.69, 9.17) is 0 Å². The average molecular weight is 454 g/mol. The number of amides is 2. The van der Waals surface area contributed by atoms with Crippen LogP contribution in [0.2, 0.25) is 0 Å². The number of hydrogen-bond acceptors (Lipinski definition) is 4. The number of nitrogens with one attached hydrogen (secondary N) is 2. The van der Waals surface area contributed by atoms with Crippen LogP contribution in [0, 0.1) is 11.8 Å². The van der Waals surface area contributed by atoms with Gasteiger partial charge in [0.25, 0.3) is 5.91 Å². The molecule has 0 aliphatic carbocycles. The number of piperidine rings is 3. The molecule has 0 radical (unpaired) electrons. The van der Waals surface area contributed by atoms with Crippen LogP contribution in [-0.4, -0.2) is 58.0 Å². The molecule has 3 saturated heterocycles. The van der Waals surface area contributed by atoms with Crippen molar-refractivity contribution >= 4 is 47.7 Å². The summed E-state index contributed by atoms with van der Waals surface area (Å²) in [4.78, 5) is 32.0. The van der Waals surface area contributed by atoms with Gasteiger partial charge in [0.1, 0.15) is 0 Å². The second-order valence-electron chi connectivity index (χ2n) is 8.51. The number of aromatic nitrogens is 2. The zero-order valence-electron chi connectivity index (χ0n) is 17.0. The Morgan fingerprint density at radius 1 is 1.27 bits per heavy atom. The highest BCUT2D eigenvalue weighted by Crippen LogP contribution is 2.39. The van der Waals surface area contributed by atoms with Crippen LogP contribution in [0.25, 0.3) is 11.0 Å². The predicted octanol–water partition coefficient (Wildman–Crippen LogP) is 2.14. The quantitative estimate of drug-likeness (QED) is 0.745. The molecular formula is C21H29Cl2N5O2. The lowest BCUT2D eigenvalue weighted by atomic mass is 9.72. The number of hydrogen-bond donors (Lipinski definition) is 2. The Balaban J connectivity index is 0.00000128. The van der Waals surface area contributed by atoms with E-state index in [2.05, 4.69) is 20.5 Å². The molecule has 1 aromatic heterocycles. The van der Waals surface area contributed by atoms with Gasteiger partial charge in [0.15, 0.2) is 0 Å². The molecule has 30 heavy (non-hydrogen) atoms. The van der Waals surface area contributed by atoms with Gasteiger partial charge >= 0.3 is 0 Å². The molecule has 4 atom stereocenters. The van der Waals surface area contributed by atoms with Crippen molar-refractivity contribution in [3.63, 3.8) is 0 Å². The molecule has 3 fully saturated rings. The van der Waals surface area contributed by atoms with Gasteiger partial charge in [0, 0.05) is 38.2 Å². The first-order valence-electron chi connectivity index (χ1n) is 10.3. The Bertz CT molecular complexity index is 933. The van der Waals surface area contributed by atoms with E-state index in [1.54, 1.807) is 6.33 Å². The molecule has 5 rings (SSSR count). The molecular weight excluding hydrogens is 425 g/mol. The van der Waals surface area contributed by atoms with Crippen LogP contribution in [0.5, 0.6) is 0 Å². The zero-order chi connectivity index (χ0) is 19.3. The summed E-state index contributed by atoms with van der Waals surface area (Å²) in [7, 11) is 1.94. The Labute approximate surface area is 188 Å². The largest absolute Gasteiger partial charge is 0.350 e. The van der Waals surface area contributed by atoms with Gasteiger partial charge in [-0.1, -0.05) is 0 Å². The van der Waals surface area contributed by atoms with E-state index < -0.39 is 0 Å². The maximum Gasteiger partial charge on any atom is 0.251 e. The van der Waals surface area contributed by atoms with Gasteiger partial charge in [0.05, 0.1) is 23.4 Å². The minimum Gasteiger partial charge on any atom is -0.350 e. The molecule has 0 unspecified atom stereocenters. The number of halogens is 2. The molecule has 2 aromatic rings. The summed E-state index contributed by atoms with van der Waals surface area (Å²) in [5.41, 5.74) is 2.44. The van der Waals surface area contributed by atoms with Gasteiger partial charge < -0.3 is 20.1 Å². The van der Waals surface area contributed by atoms with Gasteiger partial charge in [-0.15, -0.1) is 24.8 Å². The summed E-state index contributed by atoms with van der Waals surface area (Å²) < 4.78 is 1.94. The van der Waals surface area contributed by atoms with Crippen LogP contribution in [0.15, 0.2) is 24.5 Å². The van der Waals surface area contributed by atoms with Gasteiger partial charge in [0.2, 0.25) is 5.91 Å². The topological polar surface area (TPSA) is 79.3 Å². The molecule has 2 amide bonds. The Morgan fingerprint density at radius 2 is 2.07 bits per heavy atom. The maximum atomic E-state index is 12.8. The number of aryl methyl sites for hydroxylation is 1. The molecule has 3 aliphatic rings. The number of carbonyl (C=O) groups excluding carboxylic acids is 2. The second-order valence-corrected chi connectivity index (χ2v) is 8.51. The number of fused-ring (bicyclic) bond motifs is 5. The standard InChI is InChI=1S/C21H27N5O2.2ClH/c1-25-12-24-16-8-13(5-6-18(16)25)21(28)23-11-19-15-7-14(9-22-10-15)17-3-2-4-20(27)26(17)19;;/h5-6,8,12,14-15,17,19,22H,2-4,7,9-11H2,1H3,(H,23,28);2*1H/t14-,15+,17+,19+;;/m1../s1. The Kier molecular flexibility index (Phi) is 6.95. The van der Waals surface area contributed by atoms with Crippen LogP contribution in [0.3, 0.4) is 0 Å². The third kappa shape index (κ3) is 3.90. The summed E-state index contributed by atoms with van der Waals surface area (Å²) in [6.45, 7) is 2.45. The van der Waals surface area contributed by atoms with E-state index in [1.165, 1.54) is 0 Å². The van der Waals surface area contributed by atoms with Crippen LogP contribution in [-0.2, 0) is 11.8 Å². The lowest BCUT2D eigenvalue weighted by Crippen LogP contribution is -2.66. The maximum absolute atomic E-state index is 12.8. The highest BCUT2D eigenvalue weighted by molar-refractivity contribution is 5.97. The van der Waals surface area contributed by atoms with Crippen molar-refractivity contribution in [1.82, 2.24) is 25.1 Å². The van der Waals surface area contributed by atoms with Crippen molar-refractivity contribution in [2.24, 2.45) is 18.9 Å². The van der Waals surface area contributed by atoms with Crippen LogP contribution >= 0.6 is 24.8 Å². The number of imidazole rings is 1. The van der Waals surface area contributed by atoms with Crippen molar-refractivity contribution in [3.8, 4) is 0 Å². The number of benzene rings is 1. The van der Waals surface area contributed by atoms with Crippen molar-refractivity contribution in [2.45, 2.75) is 37.8 Å². The molecule has 0 saturated carbocycles. The van der Waals surface area contributed by atoms with Crippen LogP contribution in [0.1, 0.15) is 36.0 Å². The first-order chi connectivity index (χ1) is 13.6. The summed E-state index contributed by atoms with van der Waals surface area (Å²) >= 11 is 0. The summed E-state index contributed by atoms with van der Waals surface area (Å²) in [6, 6.07) is 6.02. The minimum atomic E-state index is -0.0977. The lowest BCUT2D eigenvalue weighted by molar-refractivity contribution is -0.148.